The van der Waals surface area contributed by atoms with Crippen molar-refractivity contribution in [3.05, 3.63) is 71.8 Å². The third-order valence-corrected chi connectivity index (χ3v) is 8.87. The molecule has 2 aromatic rings. The van der Waals surface area contributed by atoms with E-state index in [-0.39, 0.29) is 29.9 Å². The molecule has 2 aliphatic rings. The Balaban J connectivity index is 1.36. The summed E-state index contributed by atoms with van der Waals surface area (Å²) in [6.07, 6.45) is 7.07. The van der Waals surface area contributed by atoms with Crippen molar-refractivity contribution in [2.75, 3.05) is 6.61 Å². The lowest BCUT2D eigenvalue weighted by molar-refractivity contribution is -0.147. The van der Waals surface area contributed by atoms with Crippen LogP contribution in [0.15, 0.2) is 60.7 Å². The molecule has 2 saturated heterocycles. The van der Waals surface area contributed by atoms with Crippen LogP contribution in [0.1, 0.15) is 95.1 Å². The molecule has 0 aliphatic carbocycles. The standard InChI is InChI=1S/C33H42O5/c1-24(25-13-5-3-6-14-25)12-9-10-17-27(34)18-11-19-28(30-20-21-31(35)38-30)33(2,26-15-7-4-8-16-26)29-22-23-37-32(29)36/h3-8,13-16,24,28-30H,9-12,17-23H2,1-2H3. The van der Waals surface area contributed by atoms with Gasteiger partial charge in [-0.25, -0.2) is 0 Å². The highest BCUT2D eigenvalue weighted by atomic mass is 16.6. The SMILES string of the molecule is CC(CCCCC(=O)CCCC(C1CCC(=O)O1)C(C)(c1ccccc1)C1CCOC1=O)c1ccccc1. The summed E-state index contributed by atoms with van der Waals surface area (Å²) >= 11 is 0. The molecule has 5 heteroatoms. The summed E-state index contributed by atoms with van der Waals surface area (Å²) in [6, 6.07) is 20.6. The van der Waals surface area contributed by atoms with Gasteiger partial charge in [-0.3, -0.25) is 14.4 Å². The van der Waals surface area contributed by atoms with Crippen molar-refractivity contribution in [1.29, 1.82) is 0 Å². The van der Waals surface area contributed by atoms with Crippen molar-refractivity contribution in [3.63, 3.8) is 0 Å². The van der Waals surface area contributed by atoms with E-state index in [1.807, 2.05) is 24.3 Å². The van der Waals surface area contributed by atoms with Crippen LogP contribution in [0.3, 0.4) is 0 Å². The second-order valence-electron chi connectivity index (χ2n) is 11.3. The molecule has 0 amide bonds. The van der Waals surface area contributed by atoms with E-state index in [1.165, 1.54) is 5.56 Å². The quantitative estimate of drug-likeness (QED) is 0.200. The smallest absolute Gasteiger partial charge is 0.309 e. The molecule has 0 N–H and O–H groups in total. The molecule has 38 heavy (non-hydrogen) atoms. The number of cyclic esters (lactones) is 2. The summed E-state index contributed by atoms with van der Waals surface area (Å²) in [5.41, 5.74) is 1.88. The summed E-state index contributed by atoms with van der Waals surface area (Å²) in [4.78, 5) is 37.7. The molecule has 204 valence electrons. The van der Waals surface area contributed by atoms with E-state index in [0.717, 1.165) is 37.7 Å². The second-order valence-corrected chi connectivity index (χ2v) is 11.3. The maximum absolute atomic E-state index is 12.9. The molecule has 2 aliphatic heterocycles. The van der Waals surface area contributed by atoms with E-state index < -0.39 is 5.41 Å². The molecule has 0 saturated carbocycles. The number of ketones is 1. The van der Waals surface area contributed by atoms with Crippen LogP contribution in [0.2, 0.25) is 0 Å². The fourth-order valence-electron chi connectivity index (χ4n) is 6.58. The fraction of sp³-hybridized carbons (Fsp3) is 0.545. The van der Waals surface area contributed by atoms with E-state index in [1.54, 1.807) is 0 Å². The van der Waals surface area contributed by atoms with Crippen molar-refractivity contribution in [2.24, 2.45) is 11.8 Å². The average Bonchev–Trinajstić information content (AvgIpc) is 3.57. The molecule has 5 unspecified atom stereocenters. The first-order chi connectivity index (χ1) is 18.4. The Morgan fingerprint density at radius 3 is 2.24 bits per heavy atom. The number of carbonyl (C=O) groups excluding carboxylic acids is 3. The number of hydrogen-bond donors (Lipinski definition) is 0. The number of hydrogen-bond acceptors (Lipinski definition) is 5. The Kier molecular flexibility index (Phi) is 9.76. The molecule has 4 rings (SSSR count). The first kappa shape index (κ1) is 28.1. The molecular weight excluding hydrogens is 476 g/mol. The molecule has 0 spiro atoms. The first-order valence-corrected chi connectivity index (χ1v) is 14.4. The van der Waals surface area contributed by atoms with Crippen LogP contribution in [-0.4, -0.2) is 30.4 Å². The lowest BCUT2D eigenvalue weighted by Crippen LogP contribution is -2.47. The maximum atomic E-state index is 12.9. The van der Waals surface area contributed by atoms with E-state index in [2.05, 4.69) is 50.2 Å². The van der Waals surface area contributed by atoms with Gasteiger partial charge in [-0.1, -0.05) is 80.9 Å². The van der Waals surface area contributed by atoms with Crippen LogP contribution in [0.4, 0.5) is 0 Å². The summed E-state index contributed by atoms with van der Waals surface area (Å²) in [5, 5.41) is 0. The third-order valence-electron chi connectivity index (χ3n) is 8.87. The number of benzene rings is 2. The van der Waals surface area contributed by atoms with Crippen molar-refractivity contribution in [1.82, 2.24) is 0 Å². The Labute approximate surface area is 227 Å². The summed E-state index contributed by atoms with van der Waals surface area (Å²) in [6.45, 7) is 4.80. The van der Waals surface area contributed by atoms with Crippen molar-refractivity contribution < 1.29 is 23.9 Å². The lowest BCUT2D eigenvalue weighted by atomic mass is 9.60. The summed E-state index contributed by atoms with van der Waals surface area (Å²) in [7, 11) is 0. The van der Waals surface area contributed by atoms with Gasteiger partial charge < -0.3 is 9.47 Å². The Bertz CT molecular complexity index is 1070. The van der Waals surface area contributed by atoms with Gasteiger partial charge in [0.15, 0.2) is 0 Å². The number of ether oxygens (including phenoxy) is 2. The highest BCUT2D eigenvalue weighted by Gasteiger charge is 2.52. The number of carbonyl (C=O) groups is 3. The Hall–Kier alpha value is -2.95. The normalized spacial score (nSPS) is 22.4. The zero-order valence-corrected chi connectivity index (χ0v) is 22.9. The molecule has 2 heterocycles. The van der Waals surface area contributed by atoms with Crippen molar-refractivity contribution >= 4 is 17.7 Å². The molecule has 2 aromatic carbocycles. The molecule has 0 aromatic heterocycles. The molecule has 0 bridgehead atoms. The number of Topliss-reactive ketones (excluding diaryl/α,β-unsaturated/α-hetero) is 1. The fourth-order valence-corrected chi connectivity index (χ4v) is 6.58. The van der Waals surface area contributed by atoms with Crippen LogP contribution in [0.5, 0.6) is 0 Å². The van der Waals surface area contributed by atoms with Crippen molar-refractivity contribution in [3.8, 4) is 0 Å². The lowest BCUT2D eigenvalue weighted by Gasteiger charge is -2.43. The number of esters is 2. The van der Waals surface area contributed by atoms with E-state index in [0.29, 0.717) is 50.4 Å². The molecular formula is C33H42O5. The topological polar surface area (TPSA) is 69.7 Å². The number of unbranched alkanes of at least 4 members (excludes halogenated alkanes) is 1. The zero-order chi connectivity index (χ0) is 27.0. The Morgan fingerprint density at radius 1 is 0.921 bits per heavy atom. The number of rotatable bonds is 14. The predicted molar refractivity (Wildman–Crippen MR) is 148 cm³/mol. The second kappa shape index (κ2) is 13.2. The van der Waals surface area contributed by atoms with Gasteiger partial charge in [0.25, 0.3) is 0 Å². The van der Waals surface area contributed by atoms with Crippen LogP contribution in [0.25, 0.3) is 0 Å². The van der Waals surface area contributed by atoms with Crippen LogP contribution in [0, 0.1) is 11.8 Å². The maximum Gasteiger partial charge on any atom is 0.309 e. The van der Waals surface area contributed by atoms with E-state index in [9.17, 15) is 14.4 Å². The van der Waals surface area contributed by atoms with Gasteiger partial charge in [0, 0.05) is 30.6 Å². The van der Waals surface area contributed by atoms with Gasteiger partial charge in [0.05, 0.1) is 12.5 Å². The van der Waals surface area contributed by atoms with Crippen LogP contribution >= 0.6 is 0 Å². The van der Waals surface area contributed by atoms with E-state index in [4.69, 9.17) is 9.47 Å². The third kappa shape index (κ3) is 6.73. The molecule has 5 nitrogen and oxygen atoms in total. The largest absolute Gasteiger partial charge is 0.465 e. The Morgan fingerprint density at radius 2 is 1.61 bits per heavy atom. The first-order valence-electron chi connectivity index (χ1n) is 14.4. The predicted octanol–water partition coefficient (Wildman–Crippen LogP) is 6.93. The van der Waals surface area contributed by atoms with Gasteiger partial charge in [-0.15, -0.1) is 0 Å². The molecule has 0 radical (unpaired) electrons. The molecule has 2 fully saturated rings. The minimum Gasteiger partial charge on any atom is -0.465 e. The highest BCUT2D eigenvalue weighted by molar-refractivity contribution is 5.78. The van der Waals surface area contributed by atoms with Crippen molar-refractivity contribution in [2.45, 2.75) is 95.5 Å². The van der Waals surface area contributed by atoms with Gasteiger partial charge in [-0.05, 0) is 55.6 Å². The molecule has 5 atom stereocenters. The van der Waals surface area contributed by atoms with Gasteiger partial charge in [-0.2, -0.15) is 0 Å². The minimum atomic E-state index is -0.541. The summed E-state index contributed by atoms with van der Waals surface area (Å²) < 4.78 is 11.2. The van der Waals surface area contributed by atoms with Gasteiger partial charge in [0.1, 0.15) is 11.9 Å². The van der Waals surface area contributed by atoms with E-state index >= 15 is 0 Å². The van der Waals surface area contributed by atoms with Crippen LogP contribution in [-0.2, 0) is 29.3 Å². The zero-order valence-electron chi connectivity index (χ0n) is 22.9. The van der Waals surface area contributed by atoms with Gasteiger partial charge in [0.2, 0.25) is 0 Å². The van der Waals surface area contributed by atoms with Crippen LogP contribution < -0.4 is 0 Å². The van der Waals surface area contributed by atoms with Gasteiger partial charge >= 0.3 is 11.9 Å². The summed E-state index contributed by atoms with van der Waals surface area (Å²) in [5.74, 6) is 0.0834. The minimum absolute atomic E-state index is 0.0634. The monoisotopic (exact) mass is 518 g/mol. The highest BCUT2D eigenvalue weighted by Crippen LogP contribution is 2.49. The average molecular weight is 519 g/mol.